The van der Waals surface area contributed by atoms with Gasteiger partial charge in [-0.2, -0.15) is 0 Å². The van der Waals surface area contributed by atoms with E-state index in [1.807, 2.05) is 6.07 Å². The number of halogens is 1. The molecule has 0 heterocycles. The van der Waals surface area contributed by atoms with E-state index in [0.717, 1.165) is 24.6 Å². The summed E-state index contributed by atoms with van der Waals surface area (Å²) in [7, 11) is 0. The highest BCUT2D eigenvalue weighted by molar-refractivity contribution is 6.31. The summed E-state index contributed by atoms with van der Waals surface area (Å²) in [5.41, 5.74) is 2.39. The van der Waals surface area contributed by atoms with Gasteiger partial charge in [0.1, 0.15) is 0 Å². The minimum Gasteiger partial charge on any atom is -0.377 e. The van der Waals surface area contributed by atoms with Crippen LogP contribution in [0, 0.1) is 12.8 Å². The first-order valence-electron chi connectivity index (χ1n) is 7.59. The average molecular weight is 298 g/mol. The van der Waals surface area contributed by atoms with Crippen molar-refractivity contribution in [3.8, 4) is 0 Å². The molecule has 0 fully saturated rings. The molecule has 3 heteroatoms. The zero-order valence-electron chi connectivity index (χ0n) is 13.4. The molecule has 0 aliphatic rings. The van der Waals surface area contributed by atoms with Crippen molar-refractivity contribution in [2.75, 3.05) is 13.2 Å². The van der Waals surface area contributed by atoms with Crippen LogP contribution in [0.25, 0.3) is 0 Å². The van der Waals surface area contributed by atoms with Gasteiger partial charge in [0.05, 0.1) is 6.10 Å². The second-order valence-corrected chi connectivity index (χ2v) is 6.03. The monoisotopic (exact) mass is 297 g/mol. The van der Waals surface area contributed by atoms with E-state index in [2.05, 4.69) is 52.1 Å². The van der Waals surface area contributed by atoms with Crippen LogP contribution >= 0.6 is 11.6 Å². The maximum Gasteiger partial charge on any atom is 0.0753 e. The van der Waals surface area contributed by atoms with Crippen LogP contribution < -0.4 is 5.32 Å². The summed E-state index contributed by atoms with van der Waals surface area (Å²) >= 11 is 6.37. The van der Waals surface area contributed by atoms with Crippen LogP contribution in [0.5, 0.6) is 0 Å². The zero-order valence-corrected chi connectivity index (χ0v) is 14.1. The quantitative estimate of drug-likeness (QED) is 0.775. The van der Waals surface area contributed by atoms with Crippen LogP contribution in [-0.2, 0) is 11.2 Å². The Labute approximate surface area is 128 Å². The molecule has 0 saturated heterocycles. The molecule has 0 spiro atoms. The van der Waals surface area contributed by atoms with Crippen molar-refractivity contribution in [2.24, 2.45) is 5.92 Å². The number of hydrogen-bond donors (Lipinski definition) is 1. The predicted octanol–water partition coefficient (Wildman–Crippen LogP) is 4.23. The lowest BCUT2D eigenvalue weighted by atomic mass is 9.93. The van der Waals surface area contributed by atoms with Crippen LogP contribution in [-0.4, -0.2) is 25.3 Å². The Kier molecular flexibility index (Phi) is 7.57. The predicted molar refractivity (Wildman–Crippen MR) is 87.6 cm³/mol. The highest BCUT2D eigenvalue weighted by Gasteiger charge is 2.25. The van der Waals surface area contributed by atoms with E-state index in [-0.39, 0.29) is 6.10 Å². The van der Waals surface area contributed by atoms with Crippen LogP contribution in [0.1, 0.15) is 38.8 Å². The van der Waals surface area contributed by atoms with E-state index in [1.54, 1.807) is 0 Å². The minimum atomic E-state index is 0.206. The molecule has 0 amide bonds. The van der Waals surface area contributed by atoms with E-state index in [0.29, 0.717) is 12.0 Å². The minimum absolute atomic E-state index is 0.206. The topological polar surface area (TPSA) is 21.3 Å². The van der Waals surface area contributed by atoms with Gasteiger partial charge in [-0.1, -0.05) is 44.5 Å². The van der Waals surface area contributed by atoms with Crippen molar-refractivity contribution in [3.63, 3.8) is 0 Å². The smallest absolute Gasteiger partial charge is 0.0753 e. The maximum absolute atomic E-state index is 6.37. The fourth-order valence-electron chi connectivity index (χ4n) is 2.59. The van der Waals surface area contributed by atoms with Gasteiger partial charge >= 0.3 is 0 Å². The van der Waals surface area contributed by atoms with E-state index >= 15 is 0 Å². The van der Waals surface area contributed by atoms with Gasteiger partial charge in [0.2, 0.25) is 0 Å². The van der Waals surface area contributed by atoms with Crippen molar-refractivity contribution in [1.82, 2.24) is 5.32 Å². The van der Waals surface area contributed by atoms with E-state index in [4.69, 9.17) is 16.3 Å². The third-order valence-electron chi connectivity index (χ3n) is 3.53. The van der Waals surface area contributed by atoms with Crippen LogP contribution in [0.2, 0.25) is 5.02 Å². The van der Waals surface area contributed by atoms with Crippen molar-refractivity contribution in [1.29, 1.82) is 0 Å². The molecule has 0 aliphatic carbocycles. The lowest BCUT2D eigenvalue weighted by molar-refractivity contribution is 0.00396. The molecule has 0 aliphatic heterocycles. The normalized spacial score (nSPS) is 14.6. The summed E-state index contributed by atoms with van der Waals surface area (Å²) in [6.45, 7) is 12.3. The van der Waals surface area contributed by atoms with Crippen molar-refractivity contribution in [2.45, 2.75) is 53.2 Å². The van der Waals surface area contributed by atoms with Crippen LogP contribution in [0.3, 0.4) is 0 Å². The Morgan fingerprint density at radius 3 is 2.45 bits per heavy atom. The summed E-state index contributed by atoms with van der Waals surface area (Å²) < 4.78 is 5.95. The zero-order chi connectivity index (χ0) is 15.1. The van der Waals surface area contributed by atoms with Gasteiger partial charge in [-0.25, -0.2) is 0 Å². The number of rotatable bonds is 8. The SMILES string of the molecule is CCNC(Cc1ccc(C)cc1Cl)C(OCC)C(C)C. The molecular formula is C17H28ClNO. The molecule has 0 bridgehead atoms. The second-order valence-electron chi connectivity index (χ2n) is 5.63. The lowest BCUT2D eigenvalue weighted by Gasteiger charge is -2.31. The van der Waals surface area contributed by atoms with E-state index in [9.17, 15) is 0 Å². The Bertz CT molecular complexity index is 406. The van der Waals surface area contributed by atoms with Gasteiger partial charge in [0.25, 0.3) is 0 Å². The molecule has 2 unspecified atom stereocenters. The summed E-state index contributed by atoms with van der Waals surface area (Å²) in [5, 5.41) is 4.41. The van der Waals surface area contributed by atoms with E-state index in [1.165, 1.54) is 11.1 Å². The Balaban J connectivity index is 2.89. The summed E-state index contributed by atoms with van der Waals surface area (Å²) in [4.78, 5) is 0. The molecule has 1 N–H and O–H groups in total. The van der Waals surface area contributed by atoms with Crippen molar-refractivity contribution >= 4 is 11.6 Å². The number of ether oxygens (including phenoxy) is 1. The lowest BCUT2D eigenvalue weighted by Crippen LogP contribution is -2.45. The van der Waals surface area contributed by atoms with Gasteiger partial charge in [0, 0.05) is 17.7 Å². The molecular weight excluding hydrogens is 270 g/mol. The highest BCUT2D eigenvalue weighted by atomic mass is 35.5. The van der Waals surface area contributed by atoms with Crippen molar-refractivity contribution in [3.05, 3.63) is 34.3 Å². The number of nitrogens with one attached hydrogen (secondary N) is 1. The molecule has 0 radical (unpaired) electrons. The third kappa shape index (κ3) is 5.08. The first-order valence-corrected chi connectivity index (χ1v) is 7.97. The van der Waals surface area contributed by atoms with Gasteiger partial charge in [-0.15, -0.1) is 0 Å². The third-order valence-corrected chi connectivity index (χ3v) is 3.88. The molecule has 0 aromatic heterocycles. The molecule has 1 aromatic carbocycles. The second kappa shape index (κ2) is 8.66. The van der Waals surface area contributed by atoms with Gasteiger partial charge in [0.15, 0.2) is 0 Å². The number of aryl methyl sites for hydroxylation is 1. The fraction of sp³-hybridized carbons (Fsp3) is 0.647. The first-order chi connectivity index (χ1) is 9.49. The van der Waals surface area contributed by atoms with Crippen LogP contribution in [0.4, 0.5) is 0 Å². The Morgan fingerprint density at radius 2 is 1.95 bits per heavy atom. The molecule has 2 nitrogen and oxygen atoms in total. The van der Waals surface area contributed by atoms with Gasteiger partial charge in [-0.05, 0) is 49.9 Å². The fourth-order valence-corrected chi connectivity index (χ4v) is 2.90. The standard InChI is InChI=1S/C17H28ClNO/c1-6-19-16(17(12(3)4)20-7-2)11-14-9-8-13(5)10-15(14)18/h8-10,12,16-17,19H,6-7,11H2,1-5H3. The largest absolute Gasteiger partial charge is 0.377 e. The molecule has 114 valence electrons. The Hall–Kier alpha value is -0.570. The molecule has 0 saturated carbocycles. The molecule has 2 atom stereocenters. The number of benzene rings is 1. The first kappa shape index (κ1) is 17.5. The summed E-state index contributed by atoms with van der Waals surface area (Å²) in [5.74, 6) is 0.475. The van der Waals surface area contributed by atoms with E-state index < -0.39 is 0 Å². The molecule has 20 heavy (non-hydrogen) atoms. The van der Waals surface area contributed by atoms with Crippen LogP contribution in [0.15, 0.2) is 18.2 Å². The molecule has 1 aromatic rings. The summed E-state index contributed by atoms with van der Waals surface area (Å²) in [6.07, 6.45) is 1.10. The molecule has 1 rings (SSSR count). The highest BCUT2D eigenvalue weighted by Crippen LogP contribution is 2.22. The maximum atomic E-state index is 6.37. The number of likely N-dealkylation sites (N-methyl/N-ethyl adjacent to an activating group) is 1. The number of hydrogen-bond acceptors (Lipinski definition) is 2. The summed E-state index contributed by atoms with van der Waals surface area (Å²) in [6, 6.07) is 6.58. The Morgan fingerprint density at radius 1 is 1.25 bits per heavy atom. The van der Waals surface area contributed by atoms with Crippen molar-refractivity contribution < 1.29 is 4.74 Å². The average Bonchev–Trinajstić information content (AvgIpc) is 2.38. The van der Waals surface area contributed by atoms with Gasteiger partial charge < -0.3 is 10.1 Å². The van der Waals surface area contributed by atoms with Gasteiger partial charge in [-0.3, -0.25) is 0 Å².